The Morgan fingerprint density at radius 2 is 1.67 bits per heavy atom. The summed E-state index contributed by atoms with van der Waals surface area (Å²) in [4.78, 5) is 9.25. The highest BCUT2D eigenvalue weighted by Gasteiger charge is 2.18. The number of hydrogen-bond acceptors (Lipinski definition) is 2. The molecule has 1 heterocycles. The van der Waals surface area contributed by atoms with Crippen LogP contribution in [-0.2, 0) is 11.8 Å². The summed E-state index contributed by atoms with van der Waals surface area (Å²) in [5.74, 6) is 1.50. The molecule has 0 saturated carbocycles. The largest absolute Gasteiger partial charge is 0.236 e. The summed E-state index contributed by atoms with van der Waals surface area (Å²) < 4.78 is 0. The van der Waals surface area contributed by atoms with Gasteiger partial charge in [-0.25, -0.2) is 9.97 Å². The highest BCUT2D eigenvalue weighted by atomic mass is 14.9. The molecule has 2 heteroatoms. The molecule has 2 nitrogen and oxygen atoms in total. The molecule has 0 aliphatic rings. The van der Waals surface area contributed by atoms with Gasteiger partial charge in [0.05, 0.1) is 0 Å². The van der Waals surface area contributed by atoms with E-state index in [0.717, 1.165) is 23.5 Å². The van der Waals surface area contributed by atoms with E-state index in [1.165, 1.54) is 11.1 Å². The Hall–Kier alpha value is -1.70. The van der Waals surface area contributed by atoms with Crippen LogP contribution in [0.1, 0.15) is 51.4 Å². The Morgan fingerprint density at radius 3 is 2.14 bits per heavy atom. The standard InChI is InChI=1S/C19H26N2/c1-13(2)11-15-7-9-16(10-8-15)18-20-12-17(14(3)21-18)19(4,5)6/h7-10,12-13H,11H2,1-6H3. The van der Waals surface area contributed by atoms with Crippen molar-refractivity contribution in [3.63, 3.8) is 0 Å². The third-order valence-corrected chi connectivity index (χ3v) is 3.64. The summed E-state index contributed by atoms with van der Waals surface area (Å²) in [7, 11) is 0. The molecule has 0 saturated heterocycles. The van der Waals surface area contributed by atoms with Gasteiger partial charge < -0.3 is 0 Å². The molecule has 0 unspecified atom stereocenters. The molecule has 0 atom stereocenters. The van der Waals surface area contributed by atoms with E-state index in [2.05, 4.69) is 75.8 Å². The van der Waals surface area contributed by atoms with Crippen LogP contribution in [0.2, 0.25) is 0 Å². The molecule has 0 radical (unpaired) electrons. The Labute approximate surface area is 128 Å². The number of rotatable bonds is 3. The third-order valence-electron chi connectivity index (χ3n) is 3.64. The summed E-state index contributed by atoms with van der Waals surface area (Å²) in [5, 5.41) is 0. The molecule has 2 aromatic rings. The van der Waals surface area contributed by atoms with Gasteiger partial charge >= 0.3 is 0 Å². The first kappa shape index (κ1) is 15.7. The molecule has 112 valence electrons. The van der Waals surface area contributed by atoms with Crippen LogP contribution in [0.15, 0.2) is 30.5 Å². The number of nitrogens with zero attached hydrogens (tertiary/aromatic N) is 2. The molecule has 0 aliphatic carbocycles. The van der Waals surface area contributed by atoms with E-state index in [4.69, 9.17) is 0 Å². The third kappa shape index (κ3) is 3.90. The number of aromatic nitrogens is 2. The Balaban J connectivity index is 2.28. The average Bonchev–Trinajstić information content (AvgIpc) is 2.37. The van der Waals surface area contributed by atoms with Crippen LogP contribution in [0.25, 0.3) is 11.4 Å². The fourth-order valence-electron chi connectivity index (χ4n) is 2.60. The molecular formula is C19H26N2. The van der Waals surface area contributed by atoms with Crippen molar-refractivity contribution in [1.29, 1.82) is 0 Å². The fourth-order valence-corrected chi connectivity index (χ4v) is 2.60. The van der Waals surface area contributed by atoms with E-state index in [-0.39, 0.29) is 5.41 Å². The highest BCUT2D eigenvalue weighted by molar-refractivity contribution is 5.55. The van der Waals surface area contributed by atoms with Crippen molar-refractivity contribution in [3.05, 3.63) is 47.3 Å². The normalized spacial score (nSPS) is 12.0. The lowest BCUT2D eigenvalue weighted by Gasteiger charge is -2.20. The SMILES string of the molecule is Cc1nc(-c2ccc(CC(C)C)cc2)ncc1C(C)(C)C. The van der Waals surface area contributed by atoms with Crippen LogP contribution >= 0.6 is 0 Å². The molecule has 0 spiro atoms. The maximum Gasteiger partial charge on any atom is 0.159 e. The summed E-state index contributed by atoms with van der Waals surface area (Å²) >= 11 is 0. The lowest BCUT2D eigenvalue weighted by atomic mass is 9.87. The van der Waals surface area contributed by atoms with Crippen molar-refractivity contribution in [1.82, 2.24) is 9.97 Å². The Morgan fingerprint density at radius 1 is 1.05 bits per heavy atom. The molecule has 0 amide bonds. The second-order valence-electron chi connectivity index (χ2n) is 7.24. The van der Waals surface area contributed by atoms with E-state index in [1.54, 1.807) is 0 Å². The van der Waals surface area contributed by atoms with Gasteiger partial charge in [0.2, 0.25) is 0 Å². The number of hydrogen-bond donors (Lipinski definition) is 0. The molecule has 1 aromatic carbocycles. The van der Waals surface area contributed by atoms with Crippen molar-refractivity contribution in [2.75, 3.05) is 0 Å². The van der Waals surface area contributed by atoms with Gasteiger partial charge in [0.1, 0.15) is 0 Å². The van der Waals surface area contributed by atoms with Crippen molar-refractivity contribution in [2.45, 2.75) is 53.4 Å². The minimum Gasteiger partial charge on any atom is -0.236 e. The lowest BCUT2D eigenvalue weighted by Crippen LogP contribution is -2.15. The quantitative estimate of drug-likeness (QED) is 0.796. The van der Waals surface area contributed by atoms with Gasteiger partial charge in [-0.1, -0.05) is 58.9 Å². The first-order valence-corrected chi connectivity index (χ1v) is 7.71. The zero-order chi connectivity index (χ0) is 15.6. The zero-order valence-corrected chi connectivity index (χ0v) is 14.1. The summed E-state index contributed by atoms with van der Waals surface area (Å²) in [5.41, 5.74) is 4.83. The van der Waals surface area contributed by atoms with Crippen molar-refractivity contribution in [2.24, 2.45) is 5.92 Å². The second-order valence-corrected chi connectivity index (χ2v) is 7.24. The monoisotopic (exact) mass is 282 g/mol. The van der Waals surface area contributed by atoms with E-state index < -0.39 is 0 Å². The molecule has 0 aliphatic heterocycles. The second kappa shape index (κ2) is 5.97. The highest BCUT2D eigenvalue weighted by Crippen LogP contribution is 2.25. The van der Waals surface area contributed by atoms with Gasteiger partial charge in [-0.15, -0.1) is 0 Å². The molecule has 21 heavy (non-hydrogen) atoms. The number of benzene rings is 1. The lowest BCUT2D eigenvalue weighted by molar-refractivity contribution is 0.579. The van der Waals surface area contributed by atoms with Crippen LogP contribution in [0.4, 0.5) is 0 Å². The van der Waals surface area contributed by atoms with Crippen LogP contribution < -0.4 is 0 Å². The van der Waals surface area contributed by atoms with Crippen LogP contribution in [0.5, 0.6) is 0 Å². The topological polar surface area (TPSA) is 25.8 Å². The molecular weight excluding hydrogens is 256 g/mol. The molecule has 0 bridgehead atoms. The first-order chi connectivity index (χ1) is 9.77. The maximum atomic E-state index is 4.69. The van der Waals surface area contributed by atoms with Gasteiger partial charge in [0.25, 0.3) is 0 Å². The minimum absolute atomic E-state index is 0.0870. The van der Waals surface area contributed by atoms with E-state index >= 15 is 0 Å². The molecule has 2 rings (SSSR count). The van der Waals surface area contributed by atoms with Gasteiger partial charge in [-0.3, -0.25) is 0 Å². The fraction of sp³-hybridized carbons (Fsp3) is 0.474. The molecule has 0 fully saturated rings. The number of aryl methyl sites for hydroxylation is 1. The predicted molar refractivity (Wildman–Crippen MR) is 89.4 cm³/mol. The van der Waals surface area contributed by atoms with Crippen LogP contribution in [0, 0.1) is 12.8 Å². The van der Waals surface area contributed by atoms with E-state index in [1.807, 2.05) is 6.20 Å². The van der Waals surface area contributed by atoms with Crippen molar-refractivity contribution >= 4 is 0 Å². The Kier molecular flexibility index (Phi) is 4.46. The van der Waals surface area contributed by atoms with Crippen LogP contribution in [0.3, 0.4) is 0 Å². The molecule has 1 aromatic heterocycles. The van der Waals surface area contributed by atoms with E-state index in [9.17, 15) is 0 Å². The van der Waals surface area contributed by atoms with Crippen molar-refractivity contribution in [3.8, 4) is 11.4 Å². The summed E-state index contributed by atoms with van der Waals surface area (Å²) in [6.07, 6.45) is 3.09. The van der Waals surface area contributed by atoms with Gasteiger partial charge in [0, 0.05) is 17.5 Å². The molecule has 0 N–H and O–H groups in total. The van der Waals surface area contributed by atoms with Gasteiger partial charge in [0.15, 0.2) is 5.82 Å². The summed E-state index contributed by atoms with van der Waals surface area (Å²) in [6, 6.07) is 8.63. The average molecular weight is 282 g/mol. The minimum atomic E-state index is 0.0870. The van der Waals surface area contributed by atoms with E-state index in [0.29, 0.717) is 5.92 Å². The maximum absolute atomic E-state index is 4.69. The zero-order valence-electron chi connectivity index (χ0n) is 14.1. The van der Waals surface area contributed by atoms with Crippen molar-refractivity contribution < 1.29 is 0 Å². The smallest absolute Gasteiger partial charge is 0.159 e. The summed E-state index contributed by atoms with van der Waals surface area (Å²) in [6.45, 7) is 13.1. The Bertz CT molecular complexity index is 604. The van der Waals surface area contributed by atoms with Gasteiger partial charge in [-0.05, 0) is 35.8 Å². The predicted octanol–water partition coefficient (Wildman–Crippen LogP) is 4.95. The van der Waals surface area contributed by atoms with Gasteiger partial charge in [-0.2, -0.15) is 0 Å². The first-order valence-electron chi connectivity index (χ1n) is 7.71. The van der Waals surface area contributed by atoms with Crippen LogP contribution in [-0.4, -0.2) is 9.97 Å².